The van der Waals surface area contributed by atoms with Crippen molar-refractivity contribution in [3.8, 4) is 11.5 Å². The Balaban J connectivity index is 2.00. The summed E-state index contributed by atoms with van der Waals surface area (Å²) < 4.78 is 16.8. The Kier molecular flexibility index (Phi) is 18.7. The second kappa shape index (κ2) is 20.6. The van der Waals surface area contributed by atoms with Gasteiger partial charge >= 0.3 is 5.97 Å². The average Bonchev–Trinajstić information content (AvgIpc) is 2.83. The van der Waals surface area contributed by atoms with E-state index in [4.69, 9.17) is 14.2 Å². The number of esters is 1. The molecule has 208 valence electrons. The highest BCUT2D eigenvalue weighted by molar-refractivity contribution is 7.99. The molecule has 36 heavy (non-hydrogen) atoms. The van der Waals surface area contributed by atoms with Crippen molar-refractivity contribution in [3.05, 3.63) is 24.3 Å². The lowest BCUT2D eigenvalue weighted by Crippen LogP contribution is -2.24. The number of thioether (sulfide) groups is 1. The zero-order valence-electron chi connectivity index (χ0n) is 23.4. The fourth-order valence-electron chi connectivity index (χ4n) is 3.77. The normalized spacial score (nSPS) is 12.4. The molecule has 0 radical (unpaired) electrons. The molecule has 1 aromatic carbocycles. The van der Waals surface area contributed by atoms with Gasteiger partial charge in [-0.3, -0.25) is 4.79 Å². The lowest BCUT2D eigenvalue weighted by atomic mass is 10.1. The molecule has 0 saturated carbocycles. The fraction of sp³-hybridized carbons (Fsp3) is 0.767. The van der Waals surface area contributed by atoms with Gasteiger partial charge in [-0.15, -0.1) is 0 Å². The first-order chi connectivity index (χ1) is 17.3. The number of unbranched alkanes of at least 4 members (excludes halogenated alkanes) is 11. The second-order valence-electron chi connectivity index (χ2n) is 10.6. The third-order valence-electron chi connectivity index (χ3n) is 5.71. The highest BCUT2D eigenvalue weighted by atomic mass is 32.2. The largest absolute Gasteiger partial charge is 0.494 e. The van der Waals surface area contributed by atoms with Crippen LogP contribution in [0.4, 0.5) is 0 Å². The lowest BCUT2D eigenvalue weighted by Gasteiger charge is -2.19. The summed E-state index contributed by atoms with van der Waals surface area (Å²) >= 11 is 1.52. The van der Waals surface area contributed by atoms with E-state index in [1.807, 2.05) is 45.0 Å². The molecule has 0 saturated heterocycles. The number of aliphatic hydroxyl groups excluding tert-OH is 1. The van der Waals surface area contributed by atoms with Gasteiger partial charge in [0, 0.05) is 11.5 Å². The number of aliphatic hydroxyl groups is 1. The van der Waals surface area contributed by atoms with Gasteiger partial charge in [0.2, 0.25) is 0 Å². The Morgan fingerprint density at radius 2 is 1.33 bits per heavy atom. The summed E-state index contributed by atoms with van der Waals surface area (Å²) in [6.45, 7) is 8.81. The van der Waals surface area contributed by atoms with Crippen LogP contribution in [0.3, 0.4) is 0 Å². The van der Waals surface area contributed by atoms with Gasteiger partial charge in [0.05, 0.1) is 19.1 Å². The van der Waals surface area contributed by atoms with E-state index in [0.717, 1.165) is 18.8 Å². The summed E-state index contributed by atoms with van der Waals surface area (Å²) in [5.41, 5.74) is -0.456. The molecule has 5 nitrogen and oxygen atoms in total. The van der Waals surface area contributed by atoms with E-state index in [1.54, 1.807) is 0 Å². The minimum Gasteiger partial charge on any atom is -0.494 e. The molecule has 0 aliphatic carbocycles. The molecular weight excluding hydrogens is 472 g/mol. The van der Waals surface area contributed by atoms with Gasteiger partial charge in [-0.1, -0.05) is 77.6 Å². The molecule has 0 amide bonds. The molecule has 1 N–H and O–H groups in total. The fourth-order valence-corrected chi connectivity index (χ4v) is 4.62. The van der Waals surface area contributed by atoms with Crippen LogP contribution in [0.2, 0.25) is 0 Å². The van der Waals surface area contributed by atoms with E-state index in [-0.39, 0.29) is 12.6 Å². The van der Waals surface area contributed by atoms with Crippen molar-refractivity contribution in [3.63, 3.8) is 0 Å². The summed E-state index contributed by atoms with van der Waals surface area (Å²) in [5, 5.41) is 10.1. The van der Waals surface area contributed by atoms with Crippen LogP contribution in [0.25, 0.3) is 0 Å². The van der Waals surface area contributed by atoms with Crippen LogP contribution < -0.4 is 9.47 Å². The van der Waals surface area contributed by atoms with Crippen molar-refractivity contribution in [2.45, 2.75) is 123 Å². The molecule has 1 unspecified atom stereocenters. The minimum atomic E-state index is -0.588. The predicted octanol–water partition coefficient (Wildman–Crippen LogP) is 7.97. The van der Waals surface area contributed by atoms with Crippen molar-refractivity contribution in [2.75, 3.05) is 24.7 Å². The molecule has 0 bridgehead atoms. The first-order valence-electron chi connectivity index (χ1n) is 14.1. The summed E-state index contributed by atoms with van der Waals surface area (Å²) in [6, 6.07) is 7.58. The molecule has 1 rings (SSSR count). The van der Waals surface area contributed by atoms with Crippen LogP contribution in [-0.2, 0) is 9.53 Å². The van der Waals surface area contributed by atoms with E-state index in [1.165, 1.54) is 82.4 Å². The van der Waals surface area contributed by atoms with Crippen LogP contribution in [-0.4, -0.2) is 47.5 Å². The number of carbonyl (C=O) groups excluding carboxylic acids is 1. The Morgan fingerprint density at radius 1 is 0.833 bits per heavy atom. The van der Waals surface area contributed by atoms with Crippen LogP contribution in [0.1, 0.15) is 111 Å². The van der Waals surface area contributed by atoms with E-state index in [2.05, 4.69) is 6.92 Å². The van der Waals surface area contributed by atoms with Crippen LogP contribution >= 0.6 is 11.8 Å². The maximum Gasteiger partial charge on any atom is 0.307 e. The van der Waals surface area contributed by atoms with Crippen molar-refractivity contribution in [1.29, 1.82) is 0 Å². The molecular formula is C30H52O5S. The smallest absolute Gasteiger partial charge is 0.307 e. The SMILES string of the molecule is CCCCCCCCCCCCCCOc1ccc(OCC(O)CSCCC(=O)OC(C)(C)C)cc1. The summed E-state index contributed by atoms with van der Waals surface area (Å²) in [7, 11) is 0. The minimum absolute atomic E-state index is 0.207. The van der Waals surface area contributed by atoms with E-state index in [9.17, 15) is 9.90 Å². The van der Waals surface area contributed by atoms with Gasteiger partial charge in [0.25, 0.3) is 0 Å². The quantitative estimate of drug-likeness (QED) is 0.123. The Bertz CT molecular complexity index is 656. The van der Waals surface area contributed by atoms with Gasteiger partial charge in [0.1, 0.15) is 23.7 Å². The molecule has 0 aromatic heterocycles. The predicted molar refractivity (Wildman–Crippen MR) is 152 cm³/mol. The Morgan fingerprint density at radius 3 is 1.86 bits per heavy atom. The van der Waals surface area contributed by atoms with E-state index < -0.39 is 11.7 Å². The zero-order valence-corrected chi connectivity index (χ0v) is 24.2. The molecule has 0 heterocycles. The van der Waals surface area contributed by atoms with Gasteiger partial charge in [-0.2, -0.15) is 11.8 Å². The lowest BCUT2D eigenvalue weighted by molar-refractivity contribution is -0.154. The Hall–Kier alpha value is -1.40. The van der Waals surface area contributed by atoms with Crippen LogP contribution in [0.15, 0.2) is 24.3 Å². The topological polar surface area (TPSA) is 65.0 Å². The number of benzene rings is 1. The number of hydrogen-bond donors (Lipinski definition) is 1. The van der Waals surface area contributed by atoms with E-state index >= 15 is 0 Å². The maximum atomic E-state index is 11.7. The number of hydrogen-bond acceptors (Lipinski definition) is 6. The van der Waals surface area contributed by atoms with E-state index in [0.29, 0.717) is 23.7 Å². The van der Waals surface area contributed by atoms with Crippen molar-refractivity contribution < 1.29 is 24.1 Å². The third-order valence-corrected chi connectivity index (χ3v) is 6.83. The third kappa shape index (κ3) is 19.7. The monoisotopic (exact) mass is 524 g/mol. The zero-order chi connectivity index (χ0) is 26.5. The standard InChI is InChI=1S/C30H52O5S/c1-5-6-7-8-9-10-11-12-13-14-15-16-22-33-27-17-19-28(20-18-27)34-24-26(31)25-36-23-21-29(32)35-30(2,3)4/h17-20,26,31H,5-16,21-25H2,1-4H3. The number of rotatable bonds is 22. The number of carbonyl (C=O) groups is 1. The van der Waals surface area contributed by atoms with Gasteiger partial charge in [-0.05, 0) is 51.5 Å². The van der Waals surface area contributed by atoms with Crippen molar-refractivity contribution in [1.82, 2.24) is 0 Å². The molecule has 0 aliphatic rings. The Labute approximate surface area is 225 Å². The second-order valence-corrected chi connectivity index (χ2v) is 11.7. The summed E-state index contributed by atoms with van der Waals surface area (Å²) in [6.07, 6.45) is 15.8. The summed E-state index contributed by atoms with van der Waals surface area (Å²) in [4.78, 5) is 11.7. The highest BCUT2D eigenvalue weighted by Gasteiger charge is 2.16. The van der Waals surface area contributed by atoms with Gasteiger partial charge in [-0.25, -0.2) is 0 Å². The molecule has 1 aromatic rings. The molecule has 1 atom stereocenters. The average molecular weight is 525 g/mol. The molecule has 0 aliphatic heterocycles. The van der Waals surface area contributed by atoms with Crippen molar-refractivity contribution in [2.24, 2.45) is 0 Å². The molecule has 0 spiro atoms. The number of ether oxygens (including phenoxy) is 3. The molecule has 6 heteroatoms. The summed E-state index contributed by atoms with van der Waals surface area (Å²) in [5.74, 6) is 2.50. The van der Waals surface area contributed by atoms with Crippen LogP contribution in [0.5, 0.6) is 11.5 Å². The highest BCUT2D eigenvalue weighted by Crippen LogP contribution is 2.19. The van der Waals surface area contributed by atoms with Gasteiger partial charge in [0.15, 0.2) is 0 Å². The van der Waals surface area contributed by atoms with Crippen molar-refractivity contribution >= 4 is 17.7 Å². The van der Waals surface area contributed by atoms with Crippen LogP contribution in [0, 0.1) is 0 Å². The maximum absolute atomic E-state index is 11.7. The first kappa shape index (κ1) is 32.6. The van der Waals surface area contributed by atoms with Gasteiger partial charge < -0.3 is 19.3 Å². The first-order valence-corrected chi connectivity index (χ1v) is 15.3. The molecule has 0 fully saturated rings.